The van der Waals surface area contributed by atoms with Gasteiger partial charge in [0.25, 0.3) is 0 Å². The number of hydrogen-bond donors (Lipinski definition) is 2. The minimum absolute atomic E-state index is 0.0580. The fraction of sp³-hybridized carbons (Fsp3) is 0.130. The second kappa shape index (κ2) is 8.47. The average Bonchev–Trinajstić information content (AvgIpc) is 3.04. The van der Waals surface area contributed by atoms with Gasteiger partial charge in [-0.3, -0.25) is 0 Å². The summed E-state index contributed by atoms with van der Waals surface area (Å²) in [5, 5.41) is 11.5. The number of alkyl carbamates (subject to hydrolysis) is 1. The summed E-state index contributed by atoms with van der Waals surface area (Å²) < 4.78 is 33.8. The molecule has 1 aliphatic carbocycles. The first-order valence-electron chi connectivity index (χ1n) is 9.35. The van der Waals surface area contributed by atoms with Gasteiger partial charge in [-0.25, -0.2) is 18.4 Å². The lowest BCUT2D eigenvalue weighted by Gasteiger charge is -2.18. The van der Waals surface area contributed by atoms with Crippen LogP contribution >= 0.6 is 15.9 Å². The second-order valence-corrected chi connectivity index (χ2v) is 7.94. The maximum Gasteiger partial charge on any atom is 0.408 e. The molecule has 4 rings (SSSR count). The highest BCUT2D eigenvalue weighted by atomic mass is 79.9. The van der Waals surface area contributed by atoms with Crippen molar-refractivity contribution in [3.05, 3.63) is 93.5 Å². The highest BCUT2D eigenvalue weighted by Crippen LogP contribution is 2.44. The Morgan fingerprint density at radius 1 is 1.00 bits per heavy atom. The number of carbonyl (C=O) groups excluding carboxylic acids is 1. The number of hydrogen-bond acceptors (Lipinski definition) is 3. The van der Waals surface area contributed by atoms with E-state index in [1.165, 1.54) is 0 Å². The van der Waals surface area contributed by atoms with Crippen molar-refractivity contribution in [1.29, 1.82) is 0 Å². The van der Waals surface area contributed by atoms with Crippen LogP contribution in [-0.4, -0.2) is 23.8 Å². The molecule has 0 heterocycles. The Morgan fingerprint density at radius 3 is 2.03 bits per heavy atom. The molecule has 1 aliphatic rings. The van der Waals surface area contributed by atoms with Crippen molar-refractivity contribution in [2.75, 3.05) is 6.61 Å². The van der Waals surface area contributed by atoms with Crippen molar-refractivity contribution in [3.63, 3.8) is 0 Å². The molecule has 0 spiro atoms. The van der Waals surface area contributed by atoms with Crippen LogP contribution in [0.1, 0.15) is 28.7 Å². The van der Waals surface area contributed by atoms with Gasteiger partial charge in [-0.2, -0.15) is 0 Å². The van der Waals surface area contributed by atoms with Gasteiger partial charge in [-0.05, 0) is 34.4 Å². The van der Waals surface area contributed by atoms with Gasteiger partial charge in [0.1, 0.15) is 18.2 Å². The summed E-state index contributed by atoms with van der Waals surface area (Å²) in [6, 6.07) is 15.4. The Kier molecular flexibility index (Phi) is 5.73. The summed E-state index contributed by atoms with van der Waals surface area (Å²) in [7, 11) is 0. The zero-order valence-corrected chi connectivity index (χ0v) is 17.5. The van der Waals surface area contributed by atoms with E-state index in [9.17, 15) is 23.5 Å². The number of halogens is 3. The van der Waals surface area contributed by atoms with E-state index in [4.69, 9.17) is 4.74 Å². The predicted molar refractivity (Wildman–Crippen MR) is 113 cm³/mol. The first kappa shape index (κ1) is 21.0. The molecule has 2 N–H and O–H groups in total. The smallest absolute Gasteiger partial charge is 0.408 e. The fourth-order valence-corrected chi connectivity index (χ4v) is 4.25. The monoisotopic (exact) mass is 487 g/mol. The van der Waals surface area contributed by atoms with Crippen LogP contribution in [0.2, 0.25) is 0 Å². The van der Waals surface area contributed by atoms with E-state index < -0.39 is 35.3 Å². The summed E-state index contributed by atoms with van der Waals surface area (Å²) >= 11 is 2.93. The number of amides is 1. The molecule has 1 atom stereocenters. The Balaban J connectivity index is 1.52. The number of rotatable bonds is 5. The van der Waals surface area contributed by atoms with Crippen molar-refractivity contribution in [2.24, 2.45) is 0 Å². The van der Waals surface area contributed by atoms with Gasteiger partial charge in [-0.1, -0.05) is 64.5 Å². The topological polar surface area (TPSA) is 75.6 Å². The van der Waals surface area contributed by atoms with E-state index in [1.54, 1.807) is 0 Å². The van der Waals surface area contributed by atoms with Crippen molar-refractivity contribution in [3.8, 4) is 11.1 Å². The highest BCUT2D eigenvalue weighted by molar-refractivity contribution is 9.10. The molecule has 3 aromatic carbocycles. The molecular weight excluding hydrogens is 472 g/mol. The number of fused-ring (bicyclic) bond motifs is 3. The Morgan fingerprint density at radius 2 is 1.52 bits per heavy atom. The second-order valence-electron chi connectivity index (χ2n) is 7.02. The van der Waals surface area contributed by atoms with Crippen LogP contribution in [0.25, 0.3) is 11.1 Å². The fourth-order valence-electron chi connectivity index (χ4n) is 3.84. The van der Waals surface area contributed by atoms with E-state index in [0.717, 1.165) is 34.4 Å². The number of aliphatic carboxylic acids is 1. The molecule has 3 aromatic rings. The van der Waals surface area contributed by atoms with Crippen LogP contribution in [0.3, 0.4) is 0 Å². The van der Waals surface area contributed by atoms with Crippen LogP contribution in [0, 0.1) is 11.6 Å². The van der Waals surface area contributed by atoms with Crippen LogP contribution in [-0.2, 0) is 9.53 Å². The Labute approximate surface area is 184 Å². The van der Waals surface area contributed by atoms with Gasteiger partial charge in [0, 0.05) is 10.4 Å². The number of carbonyl (C=O) groups is 2. The Hall–Kier alpha value is -3.26. The molecule has 0 bridgehead atoms. The van der Waals surface area contributed by atoms with E-state index >= 15 is 0 Å². The van der Waals surface area contributed by atoms with Crippen LogP contribution in [0.4, 0.5) is 13.6 Å². The van der Waals surface area contributed by atoms with Crippen LogP contribution in [0.15, 0.2) is 65.1 Å². The average molecular weight is 488 g/mol. The number of ether oxygens (including phenoxy) is 1. The maximum absolute atomic E-state index is 14.2. The minimum atomic E-state index is -1.94. The molecular formula is C23H16BrF2NO4. The molecule has 8 heteroatoms. The van der Waals surface area contributed by atoms with Crippen molar-refractivity contribution in [2.45, 2.75) is 12.0 Å². The number of carboxylic acids is 1. The molecule has 0 aromatic heterocycles. The molecule has 0 aliphatic heterocycles. The summed E-state index contributed by atoms with van der Waals surface area (Å²) in [4.78, 5) is 23.9. The summed E-state index contributed by atoms with van der Waals surface area (Å²) in [5.74, 6) is -4.05. The molecule has 31 heavy (non-hydrogen) atoms. The van der Waals surface area contributed by atoms with E-state index in [2.05, 4.69) is 15.9 Å². The third kappa shape index (κ3) is 4.03. The lowest BCUT2D eigenvalue weighted by atomic mass is 9.98. The van der Waals surface area contributed by atoms with Crippen molar-refractivity contribution < 1.29 is 28.2 Å². The zero-order valence-electron chi connectivity index (χ0n) is 15.9. The largest absolute Gasteiger partial charge is 0.479 e. The molecule has 0 saturated heterocycles. The van der Waals surface area contributed by atoms with Crippen LogP contribution < -0.4 is 5.32 Å². The number of nitrogens with one attached hydrogen (secondary N) is 1. The van der Waals surface area contributed by atoms with Gasteiger partial charge in [0.15, 0.2) is 6.04 Å². The molecule has 158 valence electrons. The standard InChI is InChI=1S/C23H16BrF2NO4/c24-12-9-18(25)20(19(26)10-12)21(22(28)29)27-23(30)31-11-17-15-7-3-1-5-13(15)14-6-2-4-8-16(14)17/h1-10,17,21H,11H2,(H,27,30)(H,28,29). The molecule has 1 amide bonds. The molecule has 0 fully saturated rings. The number of benzene rings is 3. The van der Waals surface area contributed by atoms with Gasteiger partial charge in [0.05, 0.1) is 5.56 Å². The van der Waals surface area contributed by atoms with E-state index in [-0.39, 0.29) is 17.0 Å². The molecule has 1 unspecified atom stereocenters. The SMILES string of the molecule is O=C(NC(C(=O)O)c1c(F)cc(Br)cc1F)OCC1c2ccccc2-c2ccccc21. The van der Waals surface area contributed by atoms with Crippen LogP contribution in [0.5, 0.6) is 0 Å². The zero-order chi connectivity index (χ0) is 22.1. The van der Waals surface area contributed by atoms with E-state index in [1.807, 2.05) is 53.8 Å². The van der Waals surface area contributed by atoms with Gasteiger partial charge >= 0.3 is 12.1 Å². The minimum Gasteiger partial charge on any atom is -0.479 e. The summed E-state index contributed by atoms with van der Waals surface area (Å²) in [6.45, 7) is -0.0580. The highest BCUT2D eigenvalue weighted by Gasteiger charge is 2.32. The lowest BCUT2D eigenvalue weighted by Crippen LogP contribution is -2.36. The van der Waals surface area contributed by atoms with Gasteiger partial charge < -0.3 is 15.2 Å². The maximum atomic E-state index is 14.2. The third-order valence-corrected chi connectivity index (χ3v) is 5.64. The first-order chi connectivity index (χ1) is 14.9. The first-order valence-corrected chi connectivity index (χ1v) is 10.1. The molecule has 0 saturated carbocycles. The normalized spacial score (nSPS) is 13.3. The summed E-state index contributed by atoms with van der Waals surface area (Å²) in [6.07, 6.45) is -1.09. The van der Waals surface area contributed by atoms with Crippen molar-refractivity contribution >= 4 is 28.0 Å². The molecule has 0 radical (unpaired) electrons. The molecule has 5 nitrogen and oxygen atoms in total. The summed E-state index contributed by atoms with van der Waals surface area (Å²) in [5.41, 5.74) is 3.26. The Bertz CT molecular complexity index is 1120. The predicted octanol–water partition coefficient (Wildman–Crippen LogP) is 5.39. The number of carboxylic acid groups (broad SMARTS) is 1. The third-order valence-electron chi connectivity index (χ3n) is 5.19. The van der Waals surface area contributed by atoms with E-state index in [0.29, 0.717) is 0 Å². The van der Waals surface area contributed by atoms with Gasteiger partial charge in [-0.15, -0.1) is 0 Å². The van der Waals surface area contributed by atoms with Gasteiger partial charge in [0.2, 0.25) is 0 Å². The van der Waals surface area contributed by atoms with Crippen molar-refractivity contribution in [1.82, 2.24) is 5.32 Å². The lowest BCUT2D eigenvalue weighted by molar-refractivity contribution is -0.139. The quantitative estimate of drug-likeness (QED) is 0.505.